The molecule has 0 radical (unpaired) electrons. The first-order chi connectivity index (χ1) is 8.81. The first-order valence-corrected chi connectivity index (χ1v) is 7.30. The van der Waals surface area contributed by atoms with Gasteiger partial charge in [0.05, 0.1) is 0 Å². The highest BCUT2D eigenvalue weighted by Crippen LogP contribution is 2.22. The van der Waals surface area contributed by atoms with Crippen molar-refractivity contribution in [2.75, 3.05) is 4.72 Å². The van der Waals surface area contributed by atoms with Crippen molar-refractivity contribution in [3.05, 3.63) is 23.2 Å². The third kappa shape index (κ3) is 2.62. The number of hydrogen-bond donors (Lipinski definition) is 2. The number of nitrogens with one attached hydrogen (secondary N) is 2. The summed E-state index contributed by atoms with van der Waals surface area (Å²) in [5.74, 6) is 0.748. The van der Waals surface area contributed by atoms with Crippen LogP contribution in [0.2, 0.25) is 0 Å². The number of nitrogens with zero attached hydrogens (tertiary/aromatic N) is 2. The van der Waals surface area contributed by atoms with E-state index < -0.39 is 10.0 Å². The lowest BCUT2D eigenvalue weighted by atomic mass is 10.1. The quantitative estimate of drug-likeness (QED) is 0.893. The van der Waals surface area contributed by atoms with Crippen molar-refractivity contribution in [3.8, 4) is 0 Å². The summed E-state index contributed by atoms with van der Waals surface area (Å²) in [7, 11) is -3.73. The summed E-state index contributed by atoms with van der Waals surface area (Å²) in [6.45, 7) is 7.11. The number of anilines is 1. The second-order valence-corrected chi connectivity index (χ2v) is 6.24. The molecule has 0 aliphatic heterocycles. The number of aromatic nitrogens is 3. The van der Waals surface area contributed by atoms with Crippen LogP contribution in [0.1, 0.15) is 36.9 Å². The second-order valence-electron chi connectivity index (χ2n) is 4.62. The first kappa shape index (κ1) is 13.6. The standard InChI is InChI=1S/C11H16N4O3S/c1-6(2)9-5-10(13-12-9)15-19(16,17)11-7(3)14-18-8(11)4/h5-6H,1-4H3,(H2,12,13,15). The van der Waals surface area contributed by atoms with Crippen LogP contribution >= 0.6 is 0 Å². The van der Waals surface area contributed by atoms with Gasteiger partial charge in [-0.2, -0.15) is 5.10 Å². The number of sulfonamides is 1. The Labute approximate surface area is 111 Å². The van der Waals surface area contributed by atoms with E-state index in [4.69, 9.17) is 4.52 Å². The SMILES string of the molecule is Cc1noc(C)c1S(=O)(=O)Nc1cc(C(C)C)[nH]n1. The summed E-state index contributed by atoms with van der Waals surface area (Å²) in [6.07, 6.45) is 0. The lowest BCUT2D eigenvalue weighted by Gasteiger charge is -2.03. The highest BCUT2D eigenvalue weighted by Gasteiger charge is 2.25. The van der Waals surface area contributed by atoms with Gasteiger partial charge in [0.15, 0.2) is 16.5 Å². The number of aromatic amines is 1. The molecule has 0 aliphatic rings. The Morgan fingerprint density at radius 1 is 1.37 bits per heavy atom. The fourth-order valence-corrected chi connectivity index (χ4v) is 3.06. The third-order valence-electron chi connectivity index (χ3n) is 2.70. The Bertz CT molecular complexity index is 665. The molecule has 0 atom stereocenters. The summed E-state index contributed by atoms with van der Waals surface area (Å²) in [6, 6.07) is 1.67. The maximum absolute atomic E-state index is 12.2. The molecule has 0 saturated carbocycles. The molecule has 0 saturated heterocycles. The fraction of sp³-hybridized carbons (Fsp3) is 0.455. The van der Waals surface area contributed by atoms with E-state index >= 15 is 0 Å². The molecule has 2 N–H and O–H groups in total. The summed E-state index contributed by atoms with van der Waals surface area (Å²) < 4.78 is 31.7. The van der Waals surface area contributed by atoms with Gasteiger partial charge >= 0.3 is 0 Å². The Morgan fingerprint density at radius 2 is 2.05 bits per heavy atom. The fourth-order valence-electron chi connectivity index (χ4n) is 1.73. The molecule has 2 heterocycles. The van der Waals surface area contributed by atoms with Crippen LogP contribution in [0.4, 0.5) is 5.82 Å². The maximum Gasteiger partial charge on any atom is 0.268 e. The average molecular weight is 284 g/mol. The van der Waals surface area contributed by atoms with Gasteiger partial charge in [-0.05, 0) is 19.8 Å². The van der Waals surface area contributed by atoms with E-state index in [1.54, 1.807) is 19.9 Å². The molecular formula is C11H16N4O3S. The minimum atomic E-state index is -3.73. The van der Waals surface area contributed by atoms with Crippen molar-refractivity contribution < 1.29 is 12.9 Å². The van der Waals surface area contributed by atoms with E-state index in [1.807, 2.05) is 13.8 Å². The van der Waals surface area contributed by atoms with Gasteiger partial charge in [0.25, 0.3) is 10.0 Å². The molecule has 2 aromatic rings. The molecule has 0 amide bonds. The molecule has 0 aliphatic carbocycles. The maximum atomic E-state index is 12.2. The number of hydrogen-bond acceptors (Lipinski definition) is 5. The molecule has 0 unspecified atom stereocenters. The lowest BCUT2D eigenvalue weighted by molar-refractivity contribution is 0.390. The van der Waals surface area contributed by atoms with Gasteiger partial charge < -0.3 is 4.52 Å². The Morgan fingerprint density at radius 3 is 2.53 bits per heavy atom. The molecule has 0 spiro atoms. The van der Waals surface area contributed by atoms with Crippen LogP contribution in [0.15, 0.2) is 15.5 Å². The molecule has 2 rings (SSSR count). The highest BCUT2D eigenvalue weighted by atomic mass is 32.2. The Hall–Kier alpha value is -1.83. The van der Waals surface area contributed by atoms with E-state index in [0.717, 1.165) is 5.69 Å². The van der Waals surface area contributed by atoms with Crippen molar-refractivity contribution in [2.24, 2.45) is 0 Å². The van der Waals surface area contributed by atoms with Crippen LogP contribution in [0.5, 0.6) is 0 Å². The van der Waals surface area contributed by atoms with Crippen LogP contribution in [-0.2, 0) is 10.0 Å². The van der Waals surface area contributed by atoms with Gasteiger partial charge in [0.1, 0.15) is 5.69 Å². The van der Waals surface area contributed by atoms with Crippen molar-refractivity contribution in [1.29, 1.82) is 0 Å². The minimum Gasteiger partial charge on any atom is -0.360 e. The Balaban J connectivity index is 2.31. The van der Waals surface area contributed by atoms with Crippen molar-refractivity contribution in [3.63, 3.8) is 0 Å². The second kappa shape index (κ2) is 4.69. The summed E-state index contributed by atoms with van der Waals surface area (Å²) in [4.78, 5) is 0.0570. The minimum absolute atomic E-state index is 0.0570. The van der Waals surface area contributed by atoms with Gasteiger partial charge in [-0.1, -0.05) is 19.0 Å². The predicted octanol–water partition coefficient (Wildman–Crippen LogP) is 1.94. The topological polar surface area (TPSA) is 101 Å². The highest BCUT2D eigenvalue weighted by molar-refractivity contribution is 7.92. The van der Waals surface area contributed by atoms with E-state index in [0.29, 0.717) is 5.69 Å². The molecule has 104 valence electrons. The van der Waals surface area contributed by atoms with Gasteiger partial charge in [-0.3, -0.25) is 9.82 Å². The van der Waals surface area contributed by atoms with Crippen molar-refractivity contribution in [1.82, 2.24) is 15.4 Å². The third-order valence-corrected chi connectivity index (χ3v) is 4.29. The Kier molecular flexibility index (Phi) is 3.36. The van der Waals surface area contributed by atoms with Crippen molar-refractivity contribution >= 4 is 15.8 Å². The largest absolute Gasteiger partial charge is 0.360 e. The molecular weight excluding hydrogens is 268 g/mol. The average Bonchev–Trinajstić information content (AvgIpc) is 2.85. The van der Waals surface area contributed by atoms with Crippen LogP contribution in [0.3, 0.4) is 0 Å². The van der Waals surface area contributed by atoms with Crippen molar-refractivity contribution in [2.45, 2.75) is 38.5 Å². The molecule has 0 bridgehead atoms. The summed E-state index contributed by atoms with van der Waals surface area (Å²) >= 11 is 0. The first-order valence-electron chi connectivity index (χ1n) is 5.82. The lowest BCUT2D eigenvalue weighted by Crippen LogP contribution is -2.14. The normalized spacial score (nSPS) is 12.1. The number of rotatable bonds is 4. The molecule has 0 fully saturated rings. The van der Waals surface area contributed by atoms with Gasteiger partial charge in [-0.25, -0.2) is 8.42 Å². The monoisotopic (exact) mass is 284 g/mol. The smallest absolute Gasteiger partial charge is 0.268 e. The van der Waals surface area contributed by atoms with Crippen LogP contribution in [0, 0.1) is 13.8 Å². The molecule has 7 nitrogen and oxygen atoms in total. The van der Waals surface area contributed by atoms with Crippen LogP contribution < -0.4 is 4.72 Å². The number of H-pyrrole nitrogens is 1. The van der Waals surface area contributed by atoms with Gasteiger partial charge in [-0.15, -0.1) is 0 Å². The van der Waals surface area contributed by atoms with Gasteiger partial charge in [0, 0.05) is 11.8 Å². The predicted molar refractivity (Wildman–Crippen MR) is 69.5 cm³/mol. The molecule has 0 aromatic carbocycles. The van der Waals surface area contributed by atoms with E-state index in [9.17, 15) is 8.42 Å². The van der Waals surface area contributed by atoms with Crippen LogP contribution in [-0.4, -0.2) is 23.8 Å². The summed E-state index contributed by atoms with van der Waals surface area (Å²) in [5, 5.41) is 10.3. The van der Waals surface area contributed by atoms with E-state index in [-0.39, 0.29) is 22.4 Å². The van der Waals surface area contributed by atoms with E-state index in [1.165, 1.54) is 0 Å². The van der Waals surface area contributed by atoms with Crippen LogP contribution in [0.25, 0.3) is 0 Å². The zero-order valence-electron chi connectivity index (χ0n) is 11.2. The van der Waals surface area contributed by atoms with E-state index in [2.05, 4.69) is 20.1 Å². The van der Waals surface area contributed by atoms with Gasteiger partial charge in [0.2, 0.25) is 0 Å². The molecule has 8 heteroatoms. The molecule has 2 aromatic heterocycles. The molecule has 19 heavy (non-hydrogen) atoms. The number of aryl methyl sites for hydroxylation is 2. The zero-order valence-corrected chi connectivity index (χ0v) is 12.0. The summed E-state index contributed by atoms with van der Waals surface area (Å²) in [5.41, 5.74) is 1.18. The zero-order chi connectivity index (χ0) is 14.2.